The van der Waals surface area contributed by atoms with E-state index in [1.165, 1.54) is 0 Å². The maximum Gasteiger partial charge on any atom is 0.318 e. The van der Waals surface area contributed by atoms with Crippen LogP contribution < -0.4 is 10.6 Å². The van der Waals surface area contributed by atoms with Crippen molar-refractivity contribution in [3.63, 3.8) is 0 Å². The van der Waals surface area contributed by atoms with Crippen molar-refractivity contribution in [3.05, 3.63) is 30.2 Å². The smallest absolute Gasteiger partial charge is 0.318 e. The summed E-state index contributed by atoms with van der Waals surface area (Å²) in [4.78, 5) is 45.1. The van der Waals surface area contributed by atoms with E-state index < -0.39 is 20.2 Å². The van der Waals surface area contributed by atoms with Gasteiger partial charge in [0, 0.05) is 21.2 Å². The Balaban J connectivity index is 1.74. The Kier molecular flexibility index (Phi) is 8.25. The second-order valence-electron chi connectivity index (χ2n) is 9.57. The van der Waals surface area contributed by atoms with Crippen molar-refractivity contribution in [1.29, 1.82) is 0 Å². The van der Waals surface area contributed by atoms with Crippen LogP contribution in [-0.2, 0) is 9.53 Å². The summed E-state index contributed by atoms with van der Waals surface area (Å²) in [5.74, 6) is -0.747. The molecule has 2 heterocycles. The van der Waals surface area contributed by atoms with Gasteiger partial charge in [0.15, 0.2) is 5.58 Å². The van der Waals surface area contributed by atoms with Gasteiger partial charge in [-0.2, -0.15) is 0 Å². The van der Waals surface area contributed by atoms with Crippen molar-refractivity contribution >= 4 is 36.9 Å². The molecule has 0 saturated carbocycles. The average Bonchev–Trinajstić information content (AvgIpc) is 3.21. The van der Waals surface area contributed by atoms with Gasteiger partial charge < -0.3 is 24.7 Å². The molecule has 10 heteroatoms. The lowest BCUT2D eigenvalue weighted by atomic mass is 10.1. The highest BCUT2D eigenvalue weighted by molar-refractivity contribution is 6.76. The quantitative estimate of drug-likeness (QED) is 0.427. The first-order valence-electron chi connectivity index (χ1n) is 11.5. The summed E-state index contributed by atoms with van der Waals surface area (Å²) in [6.45, 7) is 10.3. The van der Waals surface area contributed by atoms with Crippen LogP contribution >= 0.6 is 0 Å². The third-order valence-electron chi connectivity index (χ3n) is 5.44. The van der Waals surface area contributed by atoms with Crippen molar-refractivity contribution in [2.45, 2.75) is 57.5 Å². The predicted octanol–water partition coefficient (Wildman–Crippen LogP) is 3.04. The fraction of sp³-hybridized carbons (Fsp3) is 0.565. The standard InChI is InChI=1S/C23H34N4O5Si/c1-5-8-17(20(28)22-25-16-9-6-7-10-19(16)32-22)24-21(29)18(15-33(2,3)4)26-23(30)27-11-13-31-14-12-27/h6-7,9-10,17-18H,5,8,11-15H2,1-4H3,(H,24,29)(H,26,30)/t17-,18+/m0/s1. The van der Waals surface area contributed by atoms with Gasteiger partial charge in [0.25, 0.3) is 5.89 Å². The first-order chi connectivity index (χ1) is 15.7. The van der Waals surface area contributed by atoms with Crippen LogP contribution in [-0.4, -0.2) is 74.1 Å². The van der Waals surface area contributed by atoms with Crippen molar-refractivity contribution < 1.29 is 23.5 Å². The molecule has 9 nitrogen and oxygen atoms in total. The number of carbonyl (C=O) groups is 3. The molecule has 180 valence electrons. The van der Waals surface area contributed by atoms with Gasteiger partial charge in [0.05, 0.1) is 19.3 Å². The molecule has 0 radical (unpaired) electrons. The molecule has 1 fully saturated rings. The van der Waals surface area contributed by atoms with Crippen LogP contribution in [0.15, 0.2) is 28.7 Å². The summed E-state index contributed by atoms with van der Waals surface area (Å²) in [6.07, 6.45) is 1.14. The fourth-order valence-electron chi connectivity index (χ4n) is 3.78. The molecule has 33 heavy (non-hydrogen) atoms. The Morgan fingerprint density at radius 3 is 2.42 bits per heavy atom. The van der Waals surface area contributed by atoms with E-state index in [0.29, 0.717) is 56.3 Å². The van der Waals surface area contributed by atoms with E-state index >= 15 is 0 Å². The first kappa shape index (κ1) is 24.9. The summed E-state index contributed by atoms with van der Waals surface area (Å²) in [6, 6.07) is 5.93. The zero-order valence-corrected chi connectivity index (χ0v) is 20.8. The molecular weight excluding hydrogens is 440 g/mol. The molecule has 0 spiro atoms. The van der Waals surface area contributed by atoms with Crippen molar-refractivity contribution in [3.8, 4) is 0 Å². The number of nitrogens with one attached hydrogen (secondary N) is 2. The number of morpholine rings is 1. The number of amides is 3. The monoisotopic (exact) mass is 474 g/mol. The zero-order valence-electron chi connectivity index (χ0n) is 19.8. The van der Waals surface area contributed by atoms with E-state index in [1.807, 2.05) is 19.1 Å². The number of aromatic nitrogens is 1. The normalized spacial score (nSPS) is 16.3. The number of oxazole rings is 1. The molecule has 2 N–H and O–H groups in total. The SMILES string of the molecule is CCC[C@H](NC(=O)[C@@H](C[Si](C)(C)C)NC(=O)N1CCOCC1)C(=O)c1nc2ccccc2o1. The molecule has 3 rings (SSSR count). The van der Waals surface area contributed by atoms with Gasteiger partial charge in [-0.05, 0) is 24.6 Å². The lowest BCUT2D eigenvalue weighted by Gasteiger charge is -2.31. The van der Waals surface area contributed by atoms with Crippen LogP contribution in [0.3, 0.4) is 0 Å². The largest absolute Gasteiger partial charge is 0.434 e. The van der Waals surface area contributed by atoms with Crippen LogP contribution in [0.2, 0.25) is 25.7 Å². The molecule has 3 amide bonds. The molecular formula is C23H34N4O5Si. The van der Waals surface area contributed by atoms with E-state index in [4.69, 9.17) is 9.15 Å². The highest BCUT2D eigenvalue weighted by Gasteiger charge is 2.33. The number of hydrogen-bond acceptors (Lipinski definition) is 6. The van der Waals surface area contributed by atoms with Gasteiger partial charge in [-0.25, -0.2) is 9.78 Å². The summed E-state index contributed by atoms with van der Waals surface area (Å²) in [7, 11) is -1.72. The van der Waals surface area contributed by atoms with Gasteiger partial charge in [-0.15, -0.1) is 0 Å². The molecule has 1 aliphatic rings. The third-order valence-corrected chi connectivity index (χ3v) is 7.08. The molecule has 1 saturated heterocycles. The van der Waals surface area contributed by atoms with Crippen molar-refractivity contribution in [2.75, 3.05) is 26.3 Å². The maximum absolute atomic E-state index is 13.3. The Bertz CT molecular complexity index is 948. The summed E-state index contributed by atoms with van der Waals surface area (Å²) in [5, 5.41) is 5.76. The summed E-state index contributed by atoms with van der Waals surface area (Å²) >= 11 is 0. The van der Waals surface area contributed by atoms with E-state index in [2.05, 4.69) is 35.3 Å². The van der Waals surface area contributed by atoms with Crippen LogP contribution in [0.25, 0.3) is 11.1 Å². The van der Waals surface area contributed by atoms with E-state index in [0.717, 1.165) is 0 Å². The number of carbonyl (C=O) groups excluding carboxylic acids is 3. The topological polar surface area (TPSA) is 114 Å². The number of fused-ring (bicyclic) bond motifs is 1. The van der Waals surface area contributed by atoms with Crippen molar-refractivity contribution in [2.24, 2.45) is 0 Å². The number of ether oxygens (including phenoxy) is 1. The molecule has 0 bridgehead atoms. The molecule has 2 atom stereocenters. The second kappa shape index (κ2) is 10.9. The Labute approximate surface area is 195 Å². The summed E-state index contributed by atoms with van der Waals surface area (Å²) in [5.41, 5.74) is 1.12. The predicted molar refractivity (Wildman–Crippen MR) is 128 cm³/mol. The van der Waals surface area contributed by atoms with Crippen LogP contribution in [0, 0.1) is 0 Å². The van der Waals surface area contributed by atoms with Gasteiger partial charge in [0.2, 0.25) is 11.7 Å². The number of urea groups is 1. The number of para-hydroxylation sites is 2. The molecule has 0 aliphatic carbocycles. The van der Waals surface area contributed by atoms with Crippen LogP contribution in [0.1, 0.15) is 30.5 Å². The Morgan fingerprint density at radius 2 is 1.79 bits per heavy atom. The lowest BCUT2D eigenvalue weighted by molar-refractivity contribution is -0.123. The van der Waals surface area contributed by atoms with Gasteiger partial charge >= 0.3 is 6.03 Å². The number of ketones is 1. The molecule has 1 aliphatic heterocycles. The molecule has 1 aromatic carbocycles. The lowest BCUT2D eigenvalue weighted by Crippen LogP contribution is -2.57. The molecule has 0 unspecified atom stereocenters. The highest BCUT2D eigenvalue weighted by Crippen LogP contribution is 2.18. The van der Waals surface area contributed by atoms with Crippen LogP contribution in [0.5, 0.6) is 0 Å². The second-order valence-corrected chi connectivity index (χ2v) is 15.1. The minimum Gasteiger partial charge on any atom is -0.434 e. The minimum atomic E-state index is -1.72. The van der Waals surface area contributed by atoms with Gasteiger partial charge in [-0.1, -0.05) is 45.1 Å². The first-order valence-corrected chi connectivity index (χ1v) is 15.2. The number of nitrogens with zero attached hydrogens (tertiary/aromatic N) is 2. The number of benzene rings is 1. The maximum atomic E-state index is 13.3. The van der Waals surface area contributed by atoms with Gasteiger partial charge in [0.1, 0.15) is 11.6 Å². The average molecular weight is 475 g/mol. The Hall–Kier alpha value is -2.72. The number of hydrogen-bond donors (Lipinski definition) is 2. The molecule has 1 aromatic heterocycles. The third kappa shape index (κ3) is 6.88. The summed E-state index contributed by atoms with van der Waals surface area (Å²) < 4.78 is 10.9. The van der Waals surface area contributed by atoms with Gasteiger partial charge in [-0.3, -0.25) is 9.59 Å². The van der Waals surface area contributed by atoms with E-state index in [1.54, 1.807) is 17.0 Å². The van der Waals surface area contributed by atoms with Crippen molar-refractivity contribution in [1.82, 2.24) is 20.5 Å². The van der Waals surface area contributed by atoms with Crippen LogP contribution in [0.4, 0.5) is 4.79 Å². The Morgan fingerprint density at radius 1 is 1.09 bits per heavy atom. The highest BCUT2D eigenvalue weighted by atomic mass is 28.3. The fourth-order valence-corrected chi connectivity index (χ4v) is 5.30. The van der Waals surface area contributed by atoms with E-state index in [-0.39, 0.29) is 23.6 Å². The van der Waals surface area contributed by atoms with E-state index in [9.17, 15) is 14.4 Å². The minimum absolute atomic E-state index is 0.0194. The number of Topliss-reactive ketones (excluding diaryl/α,β-unsaturated/α-hetero) is 1. The number of rotatable bonds is 9. The zero-order chi connectivity index (χ0) is 24.0. The molecule has 2 aromatic rings.